The molecule has 0 radical (unpaired) electrons. The standard InChI is InChI=1S/C29H27F5N2O5/c30-23-22(24(31)26(33)27(34)25(23)32)28(39)35-18-3-1-2-17(10-18)29-40-20(13-36-9-8-19(38)12-36)11-21(41-29)16-6-4-15(14-37)5-7-16/h1-7,10,19-21,29,37-38H,8-9,11-14H2,(H,35,39). The molecule has 0 aliphatic carbocycles. The highest BCUT2D eigenvalue weighted by atomic mass is 19.2. The van der Waals surface area contributed by atoms with Crippen LogP contribution in [-0.4, -0.2) is 52.9 Å². The number of ether oxygens (including phenoxy) is 2. The number of amides is 1. The molecule has 0 aromatic heterocycles. The minimum Gasteiger partial charge on any atom is -0.392 e. The molecular weight excluding hydrogens is 551 g/mol. The number of halogens is 5. The van der Waals surface area contributed by atoms with Crippen LogP contribution in [0.4, 0.5) is 27.6 Å². The monoisotopic (exact) mass is 578 g/mol. The fraction of sp³-hybridized carbons (Fsp3) is 0.345. The van der Waals surface area contributed by atoms with Gasteiger partial charge < -0.3 is 25.0 Å². The number of nitrogens with zero attached hydrogens (tertiary/aromatic N) is 1. The first kappa shape index (κ1) is 29.1. The normalized spacial score (nSPS) is 23.1. The molecule has 0 spiro atoms. The fourth-order valence-electron chi connectivity index (χ4n) is 5.06. The van der Waals surface area contributed by atoms with E-state index >= 15 is 0 Å². The van der Waals surface area contributed by atoms with Crippen molar-refractivity contribution in [1.82, 2.24) is 4.90 Å². The van der Waals surface area contributed by atoms with Crippen molar-refractivity contribution in [2.45, 2.75) is 44.1 Å². The molecule has 2 fully saturated rings. The number of carbonyl (C=O) groups is 1. The highest BCUT2D eigenvalue weighted by molar-refractivity contribution is 6.04. The summed E-state index contributed by atoms with van der Waals surface area (Å²) in [6, 6.07) is 13.2. The van der Waals surface area contributed by atoms with E-state index < -0.39 is 59.1 Å². The molecule has 0 saturated carbocycles. The zero-order chi connectivity index (χ0) is 29.3. The molecule has 3 aromatic rings. The first-order chi connectivity index (χ1) is 19.6. The predicted molar refractivity (Wildman–Crippen MR) is 136 cm³/mol. The van der Waals surface area contributed by atoms with Gasteiger partial charge in [-0.3, -0.25) is 9.69 Å². The number of aliphatic hydroxyl groups is 2. The van der Waals surface area contributed by atoms with Crippen molar-refractivity contribution in [2.24, 2.45) is 0 Å². The van der Waals surface area contributed by atoms with Gasteiger partial charge in [-0.1, -0.05) is 36.4 Å². The third kappa shape index (κ3) is 6.26. The van der Waals surface area contributed by atoms with Crippen molar-refractivity contribution in [2.75, 3.05) is 25.0 Å². The summed E-state index contributed by atoms with van der Waals surface area (Å²) < 4.78 is 81.5. The molecule has 2 aliphatic heterocycles. The smallest absolute Gasteiger partial charge is 0.261 e. The molecule has 4 atom stereocenters. The molecule has 1 amide bonds. The lowest BCUT2D eigenvalue weighted by atomic mass is 9.99. The number of likely N-dealkylation sites (tertiary alicyclic amines) is 1. The lowest BCUT2D eigenvalue weighted by molar-refractivity contribution is -0.252. The maximum atomic E-state index is 14.2. The fourth-order valence-corrected chi connectivity index (χ4v) is 5.06. The third-order valence-electron chi connectivity index (χ3n) is 7.18. The molecule has 4 unspecified atom stereocenters. The van der Waals surface area contributed by atoms with E-state index in [0.29, 0.717) is 38.0 Å². The van der Waals surface area contributed by atoms with E-state index in [1.165, 1.54) is 18.2 Å². The molecule has 2 saturated heterocycles. The summed E-state index contributed by atoms with van der Waals surface area (Å²) in [4.78, 5) is 14.7. The maximum absolute atomic E-state index is 14.2. The van der Waals surface area contributed by atoms with E-state index in [1.54, 1.807) is 18.2 Å². The Balaban J connectivity index is 1.38. The third-order valence-corrected chi connectivity index (χ3v) is 7.18. The zero-order valence-electron chi connectivity index (χ0n) is 21.6. The van der Waals surface area contributed by atoms with Crippen LogP contribution in [0.15, 0.2) is 48.5 Å². The van der Waals surface area contributed by atoms with Crippen LogP contribution in [0.5, 0.6) is 0 Å². The van der Waals surface area contributed by atoms with Crippen LogP contribution in [0.2, 0.25) is 0 Å². The van der Waals surface area contributed by atoms with E-state index in [2.05, 4.69) is 10.2 Å². The number of rotatable bonds is 7. The van der Waals surface area contributed by atoms with Gasteiger partial charge in [0.2, 0.25) is 5.82 Å². The number of hydrogen-bond acceptors (Lipinski definition) is 6. The van der Waals surface area contributed by atoms with E-state index in [1.807, 2.05) is 12.1 Å². The second-order valence-electron chi connectivity index (χ2n) is 10.1. The Hall–Kier alpha value is -3.42. The summed E-state index contributed by atoms with van der Waals surface area (Å²) in [5.74, 6) is -12.8. The minimum absolute atomic E-state index is 0.0114. The maximum Gasteiger partial charge on any atom is 0.261 e. The zero-order valence-corrected chi connectivity index (χ0v) is 21.6. The topological polar surface area (TPSA) is 91.3 Å². The molecule has 41 heavy (non-hydrogen) atoms. The molecule has 12 heteroatoms. The average Bonchev–Trinajstić information content (AvgIpc) is 3.39. The van der Waals surface area contributed by atoms with E-state index in [9.17, 15) is 37.0 Å². The molecule has 3 aromatic carbocycles. The van der Waals surface area contributed by atoms with Crippen molar-refractivity contribution in [3.8, 4) is 0 Å². The predicted octanol–water partition coefficient (Wildman–Crippen LogP) is 4.74. The largest absolute Gasteiger partial charge is 0.392 e. The van der Waals surface area contributed by atoms with E-state index in [0.717, 1.165) is 11.1 Å². The van der Waals surface area contributed by atoms with Crippen LogP contribution in [0, 0.1) is 29.1 Å². The number of benzene rings is 3. The van der Waals surface area contributed by atoms with Crippen LogP contribution in [-0.2, 0) is 16.1 Å². The minimum atomic E-state index is -2.36. The number of nitrogens with one attached hydrogen (secondary N) is 1. The van der Waals surface area contributed by atoms with E-state index in [-0.39, 0.29) is 18.4 Å². The van der Waals surface area contributed by atoms with Crippen molar-refractivity contribution in [3.05, 3.63) is 99.9 Å². The quantitative estimate of drug-likeness (QED) is 0.213. The number of hydrogen-bond donors (Lipinski definition) is 3. The van der Waals surface area contributed by atoms with Gasteiger partial charge in [-0.2, -0.15) is 0 Å². The Kier molecular flexibility index (Phi) is 8.66. The Bertz CT molecular complexity index is 1390. The van der Waals surface area contributed by atoms with Gasteiger partial charge in [0.05, 0.1) is 24.9 Å². The molecule has 2 heterocycles. The van der Waals surface area contributed by atoms with Crippen LogP contribution < -0.4 is 5.32 Å². The van der Waals surface area contributed by atoms with Crippen molar-refractivity contribution >= 4 is 11.6 Å². The summed E-state index contributed by atoms with van der Waals surface area (Å²) in [5.41, 5.74) is 0.423. The van der Waals surface area contributed by atoms with Crippen molar-refractivity contribution in [1.29, 1.82) is 0 Å². The summed E-state index contributed by atoms with van der Waals surface area (Å²) in [6.45, 7) is 1.64. The summed E-state index contributed by atoms with van der Waals surface area (Å²) in [7, 11) is 0. The molecule has 7 nitrogen and oxygen atoms in total. The van der Waals surface area contributed by atoms with Gasteiger partial charge in [-0.05, 0) is 29.7 Å². The second-order valence-corrected chi connectivity index (χ2v) is 10.1. The van der Waals surface area contributed by atoms with Gasteiger partial charge >= 0.3 is 0 Å². The molecular formula is C29H27F5N2O5. The lowest BCUT2D eigenvalue weighted by Gasteiger charge is -2.38. The van der Waals surface area contributed by atoms with Gasteiger partial charge in [0.25, 0.3) is 5.91 Å². The first-order valence-corrected chi connectivity index (χ1v) is 13.0. The summed E-state index contributed by atoms with van der Waals surface area (Å²) >= 11 is 0. The summed E-state index contributed by atoms with van der Waals surface area (Å²) in [5, 5.41) is 21.5. The Morgan fingerprint density at radius 3 is 2.24 bits per heavy atom. The lowest BCUT2D eigenvalue weighted by Crippen LogP contribution is -2.38. The Morgan fingerprint density at radius 2 is 1.61 bits per heavy atom. The van der Waals surface area contributed by atoms with Crippen molar-refractivity contribution < 1.29 is 46.4 Å². The number of anilines is 1. The SMILES string of the molecule is O=C(Nc1cccc(C2OC(CN3CCC(O)C3)CC(c3ccc(CO)cc3)O2)c1)c1c(F)c(F)c(F)c(F)c1F. The Labute approximate surface area is 232 Å². The second kappa shape index (κ2) is 12.2. The number of carbonyl (C=O) groups excluding carboxylic acids is 1. The van der Waals surface area contributed by atoms with Gasteiger partial charge in [0.1, 0.15) is 5.56 Å². The molecule has 218 valence electrons. The molecule has 3 N–H and O–H groups in total. The molecule has 2 aliphatic rings. The van der Waals surface area contributed by atoms with Gasteiger partial charge in [0.15, 0.2) is 29.6 Å². The van der Waals surface area contributed by atoms with Gasteiger partial charge in [0, 0.05) is 37.3 Å². The highest BCUT2D eigenvalue weighted by Gasteiger charge is 2.35. The number of β-amino-alcohol motifs (C(OH)–C–C–N with tert-alkyl or cyclic N) is 1. The average molecular weight is 579 g/mol. The van der Waals surface area contributed by atoms with Crippen LogP contribution in [0.25, 0.3) is 0 Å². The first-order valence-electron chi connectivity index (χ1n) is 13.0. The van der Waals surface area contributed by atoms with Crippen molar-refractivity contribution in [3.63, 3.8) is 0 Å². The van der Waals surface area contributed by atoms with Crippen LogP contribution >= 0.6 is 0 Å². The molecule has 0 bridgehead atoms. The molecule has 5 rings (SSSR count). The van der Waals surface area contributed by atoms with E-state index in [4.69, 9.17) is 9.47 Å². The van der Waals surface area contributed by atoms with Crippen LogP contribution in [0.1, 0.15) is 52.3 Å². The van der Waals surface area contributed by atoms with Gasteiger partial charge in [-0.15, -0.1) is 0 Å². The summed E-state index contributed by atoms with van der Waals surface area (Å²) in [6.07, 6.45) is -0.916. The number of aliphatic hydroxyl groups excluding tert-OH is 2. The van der Waals surface area contributed by atoms with Crippen LogP contribution in [0.3, 0.4) is 0 Å². The highest BCUT2D eigenvalue weighted by Crippen LogP contribution is 2.39. The van der Waals surface area contributed by atoms with Gasteiger partial charge in [-0.25, -0.2) is 22.0 Å². The Morgan fingerprint density at radius 1 is 0.927 bits per heavy atom.